The minimum absolute atomic E-state index is 0.181. The SMILES string of the molecule is CC(C)C1=NC(C(=O)N2CCOC3(CCN(CCc4cccc(CCO)c4)CC3)C2)CS1. The number of aliphatic hydroxyl groups is 1. The number of hydrogen-bond donors (Lipinski definition) is 1. The zero-order chi connectivity index (χ0) is 22.6. The van der Waals surface area contributed by atoms with Gasteiger partial charge in [-0.2, -0.15) is 0 Å². The van der Waals surface area contributed by atoms with E-state index in [0.29, 0.717) is 25.6 Å². The molecule has 1 N–H and O–H groups in total. The van der Waals surface area contributed by atoms with E-state index >= 15 is 0 Å². The van der Waals surface area contributed by atoms with E-state index in [1.807, 2.05) is 4.90 Å². The molecule has 1 unspecified atom stereocenters. The molecular weight excluding hydrogens is 422 g/mol. The van der Waals surface area contributed by atoms with Gasteiger partial charge in [-0.15, -0.1) is 11.8 Å². The standard InChI is InChI=1S/C25H37N3O3S/c1-19(2)23-26-22(17-32-23)24(30)28-13-15-31-25(18-28)8-11-27(12-9-25)10-6-20-4-3-5-21(16-20)7-14-29/h3-5,16,19,22,29H,6-15,17-18H2,1-2H3. The number of thioether (sulfide) groups is 1. The molecule has 2 saturated heterocycles. The maximum atomic E-state index is 13.1. The van der Waals surface area contributed by atoms with Gasteiger partial charge in [-0.3, -0.25) is 9.79 Å². The predicted molar refractivity (Wildman–Crippen MR) is 130 cm³/mol. The summed E-state index contributed by atoms with van der Waals surface area (Å²) in [5.74, 6) is 1.36. The Bertz CT molecular complexity index is 820. The fraction of sp³-hybridized carbons (Fsp3) is 0.680. The van der Waals surface area contributed by atoms with Crippen LogP contribution in [-0.4, -0.2) is 89.2 Å². The third kappa shape index (κ3) is 5.74. The summed E-state index contributed by atoms with van der Waals surface area (Å²) < 4.78 is 6.28. The lowest BCUT2D eigenvalue weighted by atomic mass is 9.89. The minimum Gasteiger partial charge on any atom is -0.396 e. The average molecular weight is 460 g/mol. The van der Waals surface area contributed by atoms with Crippen LogP contribution in [0.2, 0.25) is 0 Å². The van der Waals surface area contributed by atoms with Crippen LogP contribution in [0.1, 0.15) is 37.8 Å². The van der Waals surface area contributed by atoms with Crippen molar-refractivity contribution in [2.75, 3.05) is 51.7 Å². The number of carbonyl (C=O) groups excluding carboxylic acids is 1. The topological polar surface area (TPSA) is 65.4 Å². The number of aliphatic imine (C=N–C) groups is 1. The molecule has 3 aliphatic rings. The molecule has 3 heterocycles. The highest BCUT2D eigenvalue weighted by molar-refractivity contribution is 8.14. The van der Waals surface area contributed by atoms with Crippen molar-refractivity contribution < 1.29 is 14.6 Å². The van der Waals surface area contributed by atoms with Gasteiger partial charge in [-0.1, -0.05) is 38.1 Å². The van der Waals surface area contributed by atoms with Gasteiger partial charge in [0.15, 0.2) is 0 Å². The normalized spacial score (nSPS) is 23.7. The predicted octanol–water partition coefficient (Wildman–Crippen LogP) is 2.63. The number of aliphatic hydroxyl groups excluding tert-OH is 1. The highest BCUT2D eigenvalue weighted by atomic mass is 32.2. The van der Waals surface area contributed by atoms with Gasteiger partial charge in [-0.05, 0) is 36.8 Å². The zero-order valence-corrected chi connectivity index (χ0v) is 20.3. The molecule has 0 saturated carbocycles. The first-order valence-electron chi connectivity index (χ1n) is 12.0. The summed E-state index contributed by atoms with van der Waals surface area (Å²) in [7, 11) is 0. The molecule has 1 atom stereocenters. The zero-order valence-electron chi connectivity index (χ0n) is 19.5. The number of nitrogens with zero attached hydrogens (tertiary/aromatic N) is 3. The van der Waals surface area contributed by atoms with E-state index in [0.717, 1.165) is 56.1 Å². The van der Waals surface area contributed by atoms with Gasteiger partial charge >= 0.3 is 0 Å². The first kappa shape index (κ1) is 23.7. The fourth-order valence-electron chi connectivity index (χ4n) is 4.92. The van der Waals surface area contributed by atoms with Crippen LogP contribution in [-0.2, 0) is 22.4 Å². The second-order valence-electron chi connectivity index (χ2n) is 9.63. The number of rotatable bonds is 7. The van der Waals surface area contributed by atoms with E-state index in [9.17, 15) is 4.79 Å². The summed E-state index contributed by atoms with van der Waals surface area (Å²) in [6.07, 6.45) is 3.69. The van der Waals surface area contributed by atoms with Crippen LogP contribution >= 0.6 is 11.8 Å². The lowest BCUT2D eigenvalue weighted by Gasteiger charge is -2.47. The first-order valence-corrected chi connectivity index (χ1v) is 13.0. The number of piperidine rings is 1. The lowest BCUT2D eigenvalue weighted by Crippen LogP contribution is -2.59. The van der Waals surface area contributed by atoms with Crippen LogP contribution in [0.4, 0.5) is 0 Å². The quantitative estimate of drug-likeness (QED) is 0.679. The Hall–Kier alpha value is -1.41. The molecule has 3 aliphatic heterocycles. The molecule has 2 fully saturated rings. The Morgan fingerprint density at radius 2 is 2.00 bits per heavy atom. The largest absolute Gasteiger partial charge is 0.396 e. The molecule has 1 amide bonds. The van der Waals surface area contributed by atoms with E-state index < -0.39 is 0 Å². The van der Waals surface area contributed by atoms with Crippen molar-refractivity contribution in [3.63, 3.8) is 0 Å². The maximum Gasteiger partial charge on any atom is 0.248 e. The van der Waals surface area contributed by atoms with E-state index in [-0.39, 0.29) is 24.2 Å². The van der Waals surface area contributed by atoms with Crippen molar-refractivity contribution >= 4 is 22.7 Å². The summed E-state index contributed by atoms with van der Waals surface area (Å²) in [4.78, 5) is 22.4. The molecular formula is C25H37N3O3S. The third-order valence-corrected chi connectivity index (χ3v) is 8.24. The van der Waals surface area contributed by atoms with Gasteiger partial charge in [0.05, 0.1) is 17.3 Å². The smallest absolute Gasteiger partial charge is 0.248 e. The number of likely N-dealkylation sites (tertiary alicyclic amines) is 1. The van der Waals surface area contributed by atoms with Crippen LogP contribution in [0, 0.1) is 5.92 Å². The molecule has 7 heteroatoms. The number of carbonyl (C=O) groups is 1. The molecule has 4 rings (SSSR count). The summed E-state index contributed by atoms with van der Waals surface area (Å²) in [6, 6.07) is 8.34. The Morgan fingerprint density at radius 1 is 1.25 bits per heavy atom. The van der Waals surface area contributed by atoms with Crippen molar-refractivity contribution in [3.8, 4) is 0 Å². The Morgan fingerprint density at radius 3 is 2.69 bits per heavy atom. The van der Waals surface area contributed by atoms with Crippen molar-refractivity contribution in [1.29, 1.82) is 0 Å². The number of hydrogen-bond acceptors (Lipinski definition) is 6. The summed E-state index contributed by atoms with van der Waals surface area (Å²) >= 11 is 1.74. The minimum atomic E-state index is -0.214. The summed E-state index contributed by atoms with van der Waals surface area (Å²) in [5, 5.41) is 10.3. The van der Waals surface area contributed by atoms with E-state index in [2.05, 4.69) is 43.0 Å². The van der Waals surface area contributed by atoms with Crippen LogP contribution in [0.3, 0.4) is 0 Å². The molecule has 32 heavy (non-hydrogen) atoms. The van der Waals surface area contributed by atoms with Gasteiger partial charge in [0.25, 0.3) is 0 Å². The van der Waals surface area contributed by atoms with Gasteiger partial charge in [0.1, 0.15) is 6.04 Å². The average Bonchev–Trinajstić information content (AvgIpc) is 3.30. The molecule has 0 bridgehead atoms. The molecule has 0 radical (unpaired) electrons. The maximum absolute atomic E-state index is 13.1. The molecule has 0 aromatic heterocycles. The van der Waals surface area contributed by atoms with Gasteiger partial charge in [0.2, 0.25) is 5.91 Å². The molecule has 1 spiro atoms. The van der Waals surface area contributed by atoms with E-state index in [1.165, 1.54) is 11.1 Å². The van der Waals surface area contributed by atoms with Crippen LogP contribution < -0.4 is 0 Å². The number of morpholine rings is 1. The number of amides is 1. The Labute approximate surface area is 196 Å². The fourth-order valence-corrected chi connectivity index (χ4v) is 6.00. The van der Waals surface area contributed by atoms with Gasteiger partial charge in [-0.25, -0.2) is 0 Å². The first-order chi connectivity index (χ1) is 15.5. The van der Waals surface area contributed by atoms with E-state index in [4.69, 9.17) is 14.8 Å². The van der Waals surface area contributed by atoms with Crippen molar-refractivity contribution in [2.24, 2.45) is 10.9 Å². The van der Waals surface area contributed by atoms with Crippen LogP contribution in [0.25, 0.3) is 0 Å². The highest BCUT2D eigenvalue weighted by Gasteiger charge is 2.42. The second-order valence-corrected chi connectivity index (χ2v) is 10.7. The highest BCUT2D eigenvalue weighted by Crippen LogP contribution is 2.32. The van der Waals surface area contributed by atoms with Crippen molar-refractivity contribution in [1.82, 2.24) is 9.80 Å². The molecule has 1 aromatic carbocycles. The van der Waals surface area contributed by atoms with Crippen LogP contribution in [0.15, 0.2) is 29.3 Å². The van der Waals surface area contributed by atoms with Gasteiger partial charge in [0, 0.05) is 51.0 Å². The summed E-state index contributed by atoms with van der Waals surface area (Å²) in [6.45, 7) is 9.54. The molecule has 0 aliphatic carbocycles. The third-order valence-electron chi connectivity index (χ3n) is 6.89. The van der Waals surface area contributed by atoms with Crippen molar-refractivity contribution in [3.05, 3.63) is 35.4 Å². The summed E-state index contributed by atoms with van der Waals surface area (Å²) in [5.41, 5.74) is 2.34. The molecule has 1 aromatic rings. The van der Waals surface area contributed by atoms with E-state index in [1.54, 1.807) is 11.8 Å². The molecule has 176 valence electrons. The Kier molecular flexibility index (Phi) is 7.92. The lowest BCUT2D eigenvalue weighted by molar-refractivity contribution is -0.160. The number of benzene rings is 1. The van der Waals surface area contributed by atoms with Crippen molar-refractivity contribution in [2.45, 2.75) is 51.2 Å². The van der Waals surface area contributed by atoms with Gasteiger partial charge < -0.3 is 19.6 Å². The van der Waals surface area contributed by atoms with Crippen LogP contribution in [0.5, 0.6) is 0 Å². The molecule has 6 nitrogen and oxygen atoms in total. The Balaban J connectivity index is 1.27. The second kappa shape index (κ2) is 10.7. The number of ether oxygens (including phenoxy) is 1. The monoisotopic (exact) mass is 459 g/mol.